The lowest BCUT2D eigenvalue weighted by Gasteiger charge is -2.33. The first-order chi connectivity index (χ1) is 21.7. The molecule has 0 radical (unpaired) electrons. The first kappa shape index (κ1) is 32.3. The van der Waals surface area contributed by atoms with Crippen molar-refractivity contribution in [2.24, 2.45) is 16.5 Å². The van der Waals surface area contributed by atoms with Crippen LogP contribution in [0.4, 0.5) is 11.4 Å². The smallest absolute Gasteiger partial charge is 0.334 e. The molecule has 0 saturated heterocycles. The third-order valence-electron chi connectivity index (χ3n) is 7.23. The summed E-state index contributed by atoms with van der Waals surface area (Å²) >= 11 is 0. The van der Waals surface area contributed by atoms with E-state index in [1.54, 1.807) is 66.9 Å². The standard InChI is InChI=1S/C33H37N7O5/c1-21(41)38-27(17-10-18-36-33(34)35)31(43)39-28(19-22-20-37-26-16-9-8-15-25(22)26)30(42)29(32(44)45)40(23-11-4-2-5-12-23)24-13-6-3-7-14-24/h2-9,11-16,20,27-29,37H,10,17-19H2,1H3,(H,38,41)(H,39,43)(H,44,45)(H4,34,35,36). The number of anilines is 2. The average molecular weight is 612 g/mol. The number of nitrogens with zero attached hydrogens (tertiary/aromatic N) is 2. The van der Waals surface area contributed by atoms with Gasteiger partial charge in [-0.15, -0.1) is 0 Å². The van der Waals surface area contributed by atoms with E-state index in [-0.39, 0.29) is 25.3 Å². The quantitative estimate of drug-likeness (QED) is 0.0510. The van der Waals surface area contributed by atoms with Gasteiger partial charge in [0.1, 0.15) is 6.04 Å². The van der Waals surface area contributed by atoms with Crippen LogP contribution in [0.15, 0.2) is 96.1 Å². The highest BCUT2D eigenvalue weighted by atomic mass is 16.4. The summed E-state index contributed by atoms with van der Waals surface area (Å²) in [5.41, 5.74) is 13.3. The lowest BCUT2D eigenvalue weighted by atomic mass is 9.95. The van der Waals surface area contributed by atoms with Gasteiger partial charge in [0.05, 0.1) is 6.04 Å². The predicted octanol–water partition coefficient (Wildman–Crippen LogP) is 2.61. The molecular formula is C33H37N7O5. The van der Waals surface area contributed by atoms with Gasteiger partial charge in [-0.1, -0.05) is 54.6 Å². The normalized spacial score (nSPS) is 12.8. The number of Topliss-reactive ketones (excluding diaryl/α,β-unsaturated/α-hetero) is 1. The second-order valence-corrected chi connectivity index (χ2v) is 10.5. The molecule has 4 aromatic rings. The van der Waals surface area contributed by atoms with Crippen LogP contribution in [0.1, 0.15) is 25.3 Å². The van der Waals surface area contributed by atoms with Crippen LogP contribution in [0.3, 0.4) is 0 Å². The topological polar surface area (TPSA) is 196 Å². The molecule has 1 aromatic heterocycles. The molecule has 234 valence electrons. The Morgan fingerprint density at radius 3 is 2.04 bits per heavy atom. The van der Waals surface area contributed by atoms with Crippen LogP contribution >= 0.6 is 0 Å². The molecule has 0 spiro atoms. The minimum Gasteiger partial charge on any atom is -0.479 e. The number of rotatable bonds is 15. The van der Waals surface area contributed by atoms with Crippen molar-refractivity contribution in [3.8, 4) is 0 Å². The molecular weight excluding hydrogens is 574 g/mol. The van der Waals surface area contributed by atoms with E-state index in [0.717, 1.165) is 10.9 Å². The van der Waals surface area contributed by atoms with Crippen molar-refractivity contribution in [1.82, 2.24) is 15.6 Å². The number of hydrogen-bond donors (Lipinski definition) is 6. The van der Waals surface area contributed by atoms with Gasteiger partial charge in [0, 0.05) is 48.4 Å². The number of carbonyl (C=O) groups excluding carboxylic acids is 3. The van der Waals surface area contributed by atoms with Gasteiger partial charge in [-0.05, 0) is 48.7 Å². The molecule has 12 heteroatoms. The van der Waals surface area contributed by atoms with Gasteiger partial charge in [0.25, 0.3) is 0 Å². The van der Waals surface area contributed by atoms with E-state index in [1.165, 1.54) is 11.8 Å². The van der Waals surface area contributed by atoms with Gasteiger partial charge in [-0.3, -0.25) is 19.4 Å². The third-order valence-corrected chi connectivity index (χ3v) is 7.23. The van der Waals surface area contributed by atoms with E-state index in [2.05, 4.69) is 20.6 Å². The zero-order valence-electron chi connectivity index (χ0n) is 24.9. The maximum Gasteiger partial charge on any atom is 0.334 e. The van der Waals surface area contributed by atoms with E-state index in [9.17, 15) is 24.3 Å². The molecule has 0 fully saturated rings. The van der Waals surface area contributed by atoms with Gasteiger partial charge in [0.15, 0.2) is 17.8 Å². The Morgan fingerprint density at radius 1 is 0.867 bits per heavy atom. The number of para-hydroxylation sites is 3. The number of carboxylic acids is 1. The lowest BCUT2D eigenvalue weighted by molar-refractivity contribution is -0.143. The van der Waals surface area contributed by atoms with Crippen molar-refractivity contribution >= 4 is 51.8 Å². The first-order valence-corrected chi connectivity index (χ1v) is 14.5. The fraction of sp³-hybridized carbons (Fsp3) is 0.242. The zero-order chi connectivity index (χ0) is 32.3. The van der Waals surface area contributed by atoms with E-state index >= 15 is 0 Å². The summed E-state index contributed by atoms with van der Waals surface area (Å²) in [5, 5.41) is 16.8. The Morgan fingerprint density at radius 2 is 1.47 bits per heavy atom. The van der Waals surface area contributed by atoms with E-state index in [4.69, 9.17) is 11.5 Å². The SMILES string of the molecule is CC(=O)NC(CCCN=C(N)N)C(=O)NC(Cc1c[nH]c2ccccc12)C(=O)C(C(=O)O)N(c1ccccc1)c1ccccc1. The van der Waals surface area contributed by atoms with Crippen LogP contribution in [-0.4, -0.2) is 64.3 Å². The minimum atomic E-state index is -1.70. The summed E-state index contributed by atoms with van der Waals surface area (Å²) < 4.78 is 0. The average Bonchev–Trinajstić information content (AvgIpc) is 3.43. The maximum absolute atomic E-state index is 14.5. The number of amides is 2. The fourth-order valence-corrected chi connectivity index (χ4v) is 5.21. The number of carbonyl (C=O) groups is 4. The third kappa shape index (κ3) is 8.47. The number of aromatic amines is 1. The largest absolute Gasteiger partial charge is 0.479 e. The molecule has 2 amide bonds. The molecule has 0 aliphatic carbocycles. The molecule has 8 N–H and O–H groups in total. The Labute approximate surface area is 260 Å². The van der Waals surface area contributed by atoms with Crippen molar-refractivity contribution in [2.45, 2.75) is 44.3 Å². The van der Waals surface area contributed by atoms with Gasteiger partial charge >= 0.3 is 5.97 Å². The van der Waals surface area contributed by atoms with Crippen LogP contribution in [0.2, 0.25) is 0 Å². The number of fused-ring (bicyclic) bond motifs is 1. The number of aromatic nitrogens is 1. The highest BCUT2D eigenvalue weighted by Crippen LogP contribution is 2.29. The molecule has 45 heavy (non-hydrogen) atoms. The Kier molecular flexibility index (Phi) is 10.9. The number of guanidine groups is 1. The Bertz CT molecular complexity index is 1610. The van der Waals surface area contributed by atoms with Crippen molar-refractivity contribution in [1.29, 1.82) is 0 Å². The molecule has 12 nitrogen and oxygen atoms in total. The van der Waals surface area contributed by atoms with Crippen LogP contribution in [0.5, 0.6) is 0 Å². The summed E-state index contributed by atoms with van der Waals surface area (Å²) in [6, 6.07) is 20.9. The van der Waals surface area contributed by atoms with Crippen molar-refractivity contribution in [3.63, 3.8) is 0 Å². The molecule has 0 saturated carbocycles. The van der Waals surface area contributed by atoms with Gasteiger partial charge < -0.3 is 37.1 Å². The highest BCUT2D eigenvalue weighted by molar-refractivity contribution is 6.10. The number of nitrogens with two attached hydrogens (primary N) is 2. The van der Waals surface area contributed by atoms with E-state index in [1.807, 2.05) is 24.3 Å². The minimum absolute atomic E-state index is 0.00339. The molecule has 3 atom stereocenters. The monoisotopic (exact) mass is 611 g/mol. The van der Waals surface area contributed by atoms with Crippen LogP contribution in [-0.2, 0) is 25.6 Å². The summed E-state index contributed by atoms with van der Waals surface area (Å²) in [5.74, 6) is -3.30. The van der Waals surface area contributed by atoms with Crippen molar-refractivity contribution < 1.29 is 24.3 Å². The number of hydrogen-bond acceptors (Lipinski definition) is 6. The summed E-state index contributed by atoms with van der Waals surface area (Å²) in [6.07, 6.45) is 2.28. The molecule has 0 aliphatic rings. The number of carboxylic acid groups (broad SMARTS) is 1. The van der Waals surface area contributed by atoms with Crippen LogP contribution < -0.4 is 27.0 Å². The number of nitrogens with one attached hydrogen (secondary N) is 3. The maximum atomic E-state index is 14.5. The molecule has 1 heterocycles. The molecule has 3 aromatic carbocycles. The lowest BCUT2D eigenvalue weighted by Crippen LogP contribution is -2.57. The first-order valence-electron chi connectivity index (χ1n) is 14.5. The number of H-pyrrole nitrogens is 1. The Balaban J connectivity index is 1.73. The van der Waals surface area contributed by atoms with Crippen molar-refractivity contribution in [2.75, 3.05) is 11.4 Å². The summed E-state index contributed by atoms with van der Waals surface area (Å²) in [6.45, 7) is 1.51. The molecule has 0 aliphatic heterocycles. The Hall–Kier alpha value is -5.65. The number of ketones is 1. The number of aliphatic imine (C=N–C) groups is 1. The molecule has 3 unspecified atom stereocenters. The summed E-state index contributed by atoms with van der Waals surface area (Å²) in [4.78, 5) is 61.7. The number of benzene rings is 3. The van der Waals surface area contributed by atoms with E-state index in [0.29, 0.717) is 23.4 Å². The number of aliphatic carboxylic acids is 1. The van der Waals surface area contributed by atoms with Crippen LogP contribution in [0.25, 0.3) is 10.9 Å². The second-order valence-electron chi connectivity index (χ2n) is 10.5. The zero-order valence-corrected chi connectivity index (χ0v) is 24.9. The molecule has 4 rings (SSSR count). The van der Waals surface area contributed by atoms with Gasteiger partial charge in [-0.25, -0.2) is 4.79 Å². The van der Waals surface area contributed by atoms with Gasteiger partial charge in [0.2, 0.25) is 11.8 Å². The highest BCUT2D eigenvalue weighted by Gasteiger charge is 2.40. The van der Waals surface area contributed by atoms with E-state index < -0.39 is 41.7 Å². The second kappa shape index (κ2) is 15.2. The fourth-order valence-electron chi connectivity index (χ4n) is 5.21. The predicted molar refractivity (Wildman–Crippen MR) is 173 cm³/mol. The van der Waals surface area contributed by atoms with Crippen LogP contribution in [0, 0.1) is 0 Å². The van der Waals surface area contributed by atoms with Crippen molar-refractivity contribution in [3.05, 3.63) is 96.7 Å². The summed E-state index contributed by atoms with van der Waals surface area (Å²) in [7, 11) is 0. The molecule has 0 bridgehead atoms. The van der Waals surface area contributed by atoms with Gasteiger partial charge in [-0.2, -0.15) is 0 Å².